The number of anilines is 1. The summed E-state index contributed by atoms with van der Waals surface area (Å²) in [6.07, 6.45) is 0. The van der Waals surface area contributed by atoms with Crippen LogP contribution in [0.25, 0.3) is 5.69 Å². The molecule has 2 heterocycles. The SMILES string of the molecule is CC1=NN(c2ccc(S(=O)(=O)[O-])cc2C)C(=O)C1N=Nc1ccc(N=Nc2c(C)[n-]n(-c3ccc(S(=O)(=O)[O-])cc3C)c2=O)c([O-])c1.[Cu+2].[Na+].[Na+]. The van der Waals surface area contributed by atoms with Gasteiger partial charge in [-0.2, -0.15) is 25.5 Å². The van der Waals surface area contributed by atoms with Gasteiger partial charge in [-0.1, -0.05) is 12.7 Å². The quantitative estimate of drug-likeness (QED) is 0.0987. The van der Waals surface area contributed by atoms with Crippen LogP contribution in [-0.2, 0) is 42.1 Å². The van der Waals surface area contributed by atoms with Gasteiger partial charge in [0, 0.05) is 5.69 Å². The normalized spacial score (nSPS) is 14.8. The van der Waals surface area contributed by atoms with Crippen LogP contribution < -0.4 is 79.9 Å². The largest absolute Gasteiger partial charge is 2.00 e. The molecule has 0 bridgehead atoms. The Kier molecular flexibility index (Phi) is 14.4. The summed E-state index contributed by atoms with van der Waals surface area (Å²) in [5, 5.41) is 37.9. The summed E-state index contributed by atoms with van der Waals surface area (Å²) in [7, 11) is -9.38. The van der Waals surface area contributed by atoms with E-state index in [0.29, 0.717) is 11.1 Å². The molecule has 0 saturated heterocycles. The zero-order valence-electron chi connectivity index (χ0n) is 27.1. The van der Waals surface area contributed by atoms with Crippen LogP contribution in [0.5, 0.6) is 5.75 Å². The molecule has 0 spiro atoms. The van der Waals surface area contributed by atoms with E-state index in [4.69, 9.17) is 0 Å². The van der Waals surface area contributed by atoms with Gasteiger partial charge < -0.3 is 24.0 Å². The number of carbonyl (C=O) groups is 1. The summed E-state index contributed by atoms with van der Waals surface area (Å²) in [5.41, 5.74) is 0.608. The number of hydrazone groups is 1. The van der Waals surface area contributed by atoms with Crippen molar-refractivity contribution in [2.45, 2.75) is 43.5 Å². The number of hydrogen-bond acceptors (Lipinski definition) is 14. The zero-order valence-corrected chi connectivity index (χ0v) is 33.7. The van der Waals surface area contributed by atoms with E-state index in [0.717, 1.165) is 40.0 Å². The topological polar surface area (TPSA) is 256 Å². The van der Waals surface area contributed by atoms with Gasteiger partial charge >= 0.3 is 76.2 Å². The predicted molar refractivity (Wildman–Crippen MR) is 161 cm³/mol. The molecule has 0 N–H and O–H groups in total. The predicted octanol–water partition coefficient (Wildman–Crippen LogP) is -3.10. The van der Waals surface area contributed by atoms with Gasteiger partial charge in [-0.25, -0.2) is 16.8 Å². The van der Waals surface area contributed by atoms with Crippen LogP contribution in [0.1, 0.15) is 23.7 Å². The van der Waals surface area contributed by atoms with Crippen LogP contribution in [0.2, 0.25) is 0 Å². The summed E-state index contributed by atoms with van der Waals surface area (Å²) < 4.78 is 68.8. The van der Waals surface area contributed by atoms with Crippen LogP contribution in [0.4, 0.5) is 22.7 Å². The molecule has 0 fully saturated rings. The molecule has 1 aliphatic rings. The molecule has 4 aromatic rings. The van der Waals surface area contributed by atoms with Crippen molar-refractivity contribution in [2.24, 2.45) is 25.6 Å². The minimum absolute atomic E-state index is 0. The van der Waals surface area contributed by atoms with Crippen LogP contribution in [0, 0.1) is 20.8 Å². The average molecular weight is 788 g/mol. The number of nitrogens with zero attached hydrogens (tertiary/aromatic N) is 8. The monoisotopic (exact) mass is 787 g/mol. The first-order valence-electron chi connectivity index (χ1n) is 13.4. The van der Waals surface area contributed by atoms with Crippen molar-refractivity contribution in [3.63, 3.8) is 0 Å². The van der Waals surface area contributed by atoms with Gasteiger partial charge in [-0.3, -0.25) is 9.59 Å². The van der Waals surface area contributed by atoms with Crippen molar-refractivity contribution < 1.29 is 112 Å². The number of azo groups is 2. The fourth-order valence-corrected chi connectivity index (χ4v) is 5.67. The maximum atomic E-state index is 13.1. The van der Waals surface area contributed by atoms with Crippen molar-refractivity contribution in [2.75, 3.05) is 5.01 Å². The molecule has 5 rings (SSSR count). The van der Waals surface area contributed by atoms with Gasteiger partial charge in [0.1, 0.15) is 25.9 Å². The minimum atomic E-state index is -4.70. The van der Waals surface area contributed by atoms with Gasteiger partial charge in [-0.15, -0.1) is 10.8 Å². The van der Waals surface area contributed by atoms with Crippen molar-refractivity contribution in [3.8, 4) is 11.4 Å². The molecule has 50 heavy (non-hydrogen) atoms. The van der Waals surface area contributed by atoms with E-state index in [1.807, 2.05) is 0 Å². The number of amides is 1. The third-order valence-electron chi connectivity index (χ3n) is 6.94. The molecule has 0 saturated carbocycles. The van der Waals surface area contributed by atoms with Gasteiger partial charge in [0.05, 0.1) is 32.6 Å². The summed E-state index contributed by atoms with van der Waals surface area (Å²) in [6, 6.07) is 9.58. The Morgan fingerprint density at radius 3 is 1.86 bits per heavy atom. The van der Waals surface area contributed by atoms with E-state index in [9.17, 15) is 40.6 Å². The Hall–Kier alpha value is -2.85. The summed E-state index contributed by atoms with van der Waals surface area (Å²) in [6.45, 7) is 6.05. The second kappa shape index (κ2) is 16.7. The Labute approximate surface area is 340 Å². The van der Waals surface area contributed by atoms with E-state index in [1.54, 1.807) is 0 Å². The number of rotatable bonds is 8. The van der Waals surface area contributed by atoms with Crippen LogP contribution in [-0.4, -0.2) is 48.3 Å². The third kappa shape index (κ3) is 9.14. The smallest absolute Gasteiger partial charge is 0.871 e. The average Bonchev–Trinajstić information content (AvgIpc) is 3.42. The fourth-order valence-electron chi connectivity index (χ4n) is 4.56. The molecule has 1 atom stereocenters. The molecule has 0 aliphatic carbocycles. The third-order valence-corrected chi connectivity index (χ3v) is 8.61. The van der Waals surface area contributed by atoms with Gasteiger partial charge in [-0.05, 0) is 86.5 Å². The summed E-state index contributed by atoms with van der Waals surface area (Å²) >= 11 is 0. The molecule has 1 radical (unpaired) electrons. The maximum Gasteiger partial charge on any atom is 2.00 e. The molecular formula is C28H22CuN8Na2O9S2. The Bertz CT molecular complexity index is 2340. The number of benzene rings is 3. The number of aryl methyl sites for hydroxylation is 3. The number of carbonyl (C=O) groups excluding carboxylic acids is 1. The van der Waals surface area contributed by atoms with E-state index in [2.05, 4.69) is 30.7 Å². The van der Waals surface area contributed by atoms with Crippen LogP contribution in [0.3, 0.4) is 0 Å². The maximum absolute atomic E-state index is 13.1. The Morgan fingerprint density at radius 1 is 0.780 bits per heavy atom. The van der Waals surface area contributed by atoms with Crippen molar-refractivity contribution in [3.05, 3.63) is 81.8 Å². The number of hydrogen-bond donors (Lipinski definition) is 0. The summed E-state index contributed by atoms with van der Waals surface area (Å²) in [4.78, 5) is 25.2. The van der Waals surface area contributed by atoms with Crippen molar-refractivity contribution >= 4 is 54.6 Å². The zero-order chi connectivity index (χ0) is 34.4. The molecule has 253 valence electrons. The summed E-state index contributed by atoms with van der Waals surface area (Å²) in [5.74, 6) is -1.22. The molecule has 17 nitrogen and oxygen atoms in total. The second-order valence-corrected chi connectivity index (χ2v) is 13.1. The molecule has 1 amide bonds. The first kappa shape index (κ1) is 43.3. The van der Waals surface area contributed by atoms with Crippen molar-refractivity contribution in [1.29, 1.82) is 0 Å². The minimum Gasteiger partial charge on any atom is -0.871 e. The molecule has 3 aromatic carbocycles. The Balaban J connectivity index is 0.00000289. The fraction of sp³-hybridized carbons (Fsp3) is 0.179. The first-order chi connectivity index (χ1) is 22.0. The van der Waals surface area contributed by atoms with Gasteiger partial charge in [0.15, 0.2) is 6.04 Å². The van der Waals surface area contributed by atoms with E-state index >= 15 is 0 Å². The van der Waals surface area contributed by atoms with E-state index in [-0.39, 0.29) is 116 Å². The van der Waals surface area contributed by atoms with Crippen LogP contribution >= 0.6 is 0 Å². The molecule has 1 unspecified atom stereocenters. The standard InChI is InChI=1S/C28H26N8O9S2.Cu.2Na/c1-14-11-19(46(40,41)42)6-9-22(14)35-27(38)25(16(3)33-35)31-29-18-5-8-21(24(37)13-18)30-32-26-17(4)34-36(28(26)39)23-10-7-20(12-15(23)2)47(43,44)45;;;/h5-13,25H,1-4H3,(H4,29,30,31,32,34,37,39,40,41,42,43,44,45);;;/q;+2;2*+1/p-4. The van der Waals surface area contributed by atoms with E-state index in [1.165, 1.54) is 52.0 Å². The van der Waals surface area contributed by atoms with Gasteiger partial charge in [0.2, 0.25) is 0 Å². The van der Waals surface area contributed by atoms with Crippen molar-refractivity contribution in [1.82, 2.24) is 9.78 Å². The second-order valence-electron chi connectivity index (χ2n) is 10.3. The Morgan fingerprint density at radius 2 is 1.34 bits per heavy atom. The molecule has 22 heteroatoms. The molecule has 1 aromatic heterocycles. The van der Waals surface area contributed by atoms with E-state index < -0.39 is 53.3 Å². The molecule has 1 aliphatic heterocycles. The molecular weight excluding hydrogens is 766 g/mol. The number of aromatic nitrogens is 2. The van der Waals surface area contributed by atoms with Gasteiger partial charge in [0.25, 0.3) is 11.5 Å². The van der Waals surface area contributed by atoms with Crippen LogP contribution in [0.15, 0.2) is 94.7 Å². The first-order valence-corrected chi connectivity index (χ1v) is 16.2.